The van der Waals surface area contributed by atoms with Crippen molar-refractivity contribution in [3.8, 4) is 11.4 Å². The molecule has 1 saturated heterocycles. The molecule has 1 N–H and O–H groups in total. The minimum absolute atomic E-state index is 0.479. The van der Waals surface area contributed by atoms with E-state index in [2.05, 4.69) is 22.1 Å². The van der Waals surface area contributed by atoms with Gasteiger partial charge in [-0.15, -0.1) is 11.3 Å². The molecule has 2 aliphatic rings. The van der Waals surface area contributed by atoms with Gasteiger partial charge in [0.15, 0.2) is 5.82 Å². The van der Waals surface area contributed by atoms with Gasteiger partial charge in [0, 0.05) is 48.5 Å². The third-order valence-electron chi connectivity index (χ3n) is 5.40. The van der Waals surface area contributed by atoms with Crippen LogP contribution in [0.5, 0.6) is 0 Å². The molecule has 1 atom stereocenters. The molecule has 1 fully saturated rings. The lowest BCUT2D eigenvalue weighted by atomic mass is 9.96. The van der Waals surface area contributed by atoms with Gasteiger partial charge in [-0.1, -0.05) is 0 Å². The summed E-state index contributed by atoms with van der Waals surface area (Å²) >= 11 is 1.88. The monoisotopic (exact) mass is 365 g/mol. The van der Waals surface area contributed by atoms with E-state index < -0.39 is 0 Å². The second kappa shape index (κ2) is 6.59. The van der Waals surface area contributed by atoms with E-state index in [0.29, 0.717) is 6.04 Å². The quantitative estimate of drug-likeness (QED) is 0.754. The summed E-state index contributed by atoms with van der Waals surface area (Å²) in [7, 11) is 0. The van der Waals surface area contributed by atoms with Gasteiger partial charge in [-0.2, -0.15) is 0 Å². The third kappa shape index (κ3) is 2.77. The van der Waals surface area contributed by atoms with Crippen LogP contribution < -0.4 is 10.2 Å². The van der Waals surface area contributed by atoms with Crippen molar-refractivity contribution >= 4 is 27.4 Å². The SMILES string of the molecule is CC1CN(c2nc(-c3ccncc3)nc3sc4c(c23)CCCC4)CCN1. The molecule has 0 spiro atoms. The minimum Gasteiger partial charge on any atom is -0.353 e. The zero-order valence-electron chi connectivity index (χ0n) is 15.0. The van der Waals surface area contributed by atoms with Crippen molar-refractivity contribution in [1.82, 2.24) is 20.3 Å². The van der Waals surface area contributed by atoms with Crippen molar-refractivity contribution in [3.05, 3.63) is 35.0 Å². The summed E-state index contributed by atoms with van der Waals surface area (Å²) < 4.78 is 0. The number of rotatable bonds is 2. The predicted octanol–water partition coefficient (Wildman–Crippen LogP) is 3.43. The fraction of sp³-hybridized carbons (Fsp3) is 0.450. The number of hydrogen-bond donors (Lipinski definition) is 1. The summed E-state index contributed by atoms with van der Waals surface area (Å²) in [6.07, 6.45) is 8.57. The molecule has 3 aromatic heterocycles. The molecule has 5 nitrogen and oxygen atoms in total. The van der Waals surface area contributed by atoms with Gasteiger partial charge in [0.25, 0.3) is 0 Å². The van der Waals surface area contributed by atoms with Gasteiger partial charge in [-0.05, 0) is 50.3 Å². The Kier molecular flexibility index (Phi) is 4.10. The van der Waals surface area contributed by atoms with E-state index in [1.165, 1.54) is 41.5 Å². The molecule has 6 heteroatoms. The fourth-order valence-corrected chi connectivity index (χ4v) is 5.38. The molecule has 0 bridgehead atoms. The van der Waals surface area contributed by atoms with Gasteiger partial charge in [0.1, 0.15) is 10.6 Å². The zero-order chi connectivity index (χ0) is 17.5. The molecule has 0 saturated carbocycles. The molecule has 134 valence electrons. The van der Waals surface area contributed by atoms with Crippen LogP contribution in [0.15, 0.2) is 24.5 Å². The molecule has 1 unspecified atom stereocenters. The number of fused-ring (bicyclic) bond motifs is 3. The maximum atomic E-state index is 5.08. The van der Waals surface area contributed by atoms with E-state index in [9.17, 15) is 0 Å². The van der Waals surface area contributed by atoms with Crippen LogP contribution in [0.3, 0.4) is 0 Å². The molecule has 0 aromatic carbocycles. The summed E-state index contributed by atoms with van der Waals surface area (Å²) in [6.45, 7) is 5.24. The molecule has 0 radical (unpaired) electrons. The lowest BCUT2D eigenvalue weighted by Crippen LogP contribution is -2.49. The Balaban J connectivity index is 1.72. The molecular weight excluding hydrogens is 342 g/mol. The molecule has 26 heavy (non-hydrogen) atoms. The van der Waals surface area contributed by atoms with Crippen LogP contribution in [0.4, 0.5) is 5.82 Å². The van der Waals surface area contributed by atoms with Crippen LogP contribution >= 0.6 is 11.3 Å². The largest absolute Gasteiger partial charge is 0.353 e. The van der Waals surface area contributed by atoms with Crippen LogP contribution in [0, 0.1) is 0 Å². The molecule has 3 aromatic rings. The number of pyridine rings is 1. The number of thiophene rings is 1. The number of piperazine rings is 1. The molecule has 1 aliphatic heterocycles. The normalized spacial score (nSPS) is 20.3. The Morgan fingerprint density at radius 2 is 2.00 bits per heavy atom. The molecule has 1 aliphatic carbocycles. The second-order valence-electron chi connectivity index (χ2n) is 7.30. The van der Waals surface area contributed by atoms with Gasteiger partial charge in [-0.25, -0.2) is 9.97 Å². The Morgan fingerprint density at radius 3 is 2.85 bits per heavy atom. The lowest BCUT2D eigenvalue weighted by molar-refractivity contribution is 0.483. The van der Waals surface area contributed by atoms with Crippen molar-refractivity contribution in [1.29, 1.82) is 0 Å². The van der Waals surface area contributed by atoms with Gasteiger partial charge in [0.05, 0.1) is 5.39 Å². The van der Waals surface area contributed by atoms with E-state index in [1.807, 2.05) is 35.9 Å². The van der Waals surface area contributed by atoms with E-state index in [0.717, 1.165) is 41.7 Å². The molecule has 0 amide bonds. The van der Waals surface area contributed by atoms with Gasteiger partial charge in [0.2, 0.25) is 0 Å². The maximum Gasteiger partial charge on any atom is 0.163 e. The number of nitrogens with zero attached hydrogens (tertiary/aromatic N) is 4. The number of nitrogens with one attached hydrogen (secondary N) is 1. The Labute approximate surface area is 157 Å². The third-order valence-corrected chi connectivity index (χ3v) is 6.59. The van der Waals surface area contributed by atoms with Crippen LogP contribution in [0.2, 0.25) is 0 Å². The molecule has 5 rings (SSSR count). The van der Waals surface area contributed by atoms with E-state index in [4.69, 9.17) is 9.97 Å². The van der Waals surface area contributed by atoms with E-state index in [1.54, 1.807) is 0 Å². The first-order valence-corrected chi connectivity index (χ1v) is 10.3. The molecule has 4 heterocycles. The standard InChI is InChI=1S/C20H23N5S/c1-13-12-25(11-10-22-13)19-17-15-4-2-3-5-16(15)26-20(17)24-18(23-19)14-6-8-21-9-7-14/h6-9,13,22H,2-5,10-12H2,1H3. The topological polar surface area (TPSA) is 53.9 Å². The van der Waals surface area contributed by atoms with E-state index >= 15 is 0 Å². The number of aryl methyl sites for hydroxylation is 2. The maximum absolute atomic E-state index is 5.08. The van der Waals surface area contributed by atoms with Gasteiger partial charge in [-0.3, -0.25) is 4.98 Å². The van der Waals surface area contributed by atoms with Crippen molar-refractivity contribution in [2.45, 2.75) is 38.6 Å². The average Bonchev–Trinajstić information content (AvgIpc) is 3.06. The van der Waals surface area contributed by atoms with Crippen LogP contribution in [-0.2, 0) is 12.8 Å². The smallest absolute Gasteiger partial charge is 0.163 e. The molecular formula is C20H23N5S. The number of aromatic nitrogens is 3. The van der Waals surface area contributed by atoms with Crippen molar-refractivity contribution in [2.24, 2.45) is 0 Å². The van der Waals surface area contributed by atoms with Gasteiger partial charge >= 0.3 is 0 Å². The highest BCUT2D eigenvalue weighted by Gasteiger charge is 2.26. The minimum atomic E-state index is 0.479. The number of hydrogen-bond acceptors (Lipinski definition) is 6. The van der Waals surface area contributed by atoms with Crippen LogP contribution in [-0.4, -0.2) is 40.6 Å². The van der Waals surface area contributed by atoms with Gasteiger partial charge < -0.3 is 10.2 Å². The summed E-state index contributed by atoms with van der Waals surface area (Å²) in [4.78, 5) is 19.3. The Hall–Kier alpha value is -2.05. The van der Waals surface area contributed by atoms with E-state index in [-0.39, 0.29) is 0 Å². The van der Waals surface area contributed by atoms with Crippen molar-refractivity contribution < 1.29 is 0 Å². The average molecular weight is 366 g/mol. The van der Waals surface area contributed by atoms with Crippen molar-refractivity contribution in [3.63, 3.8) is 0 Å². The zero-order valence-corrected chi connectivity index (χ0v) is 15.9. The highest BCUT2D eigenvalue weighted by Crippen LogP contribution is 2.40. The second-order valence-corrected chi connectivity index (χ2v) is 8.38. The summed E-state index contributed by atoms with van der Waals surface area (Å²) in [5.41, 5.74) is 2.55. The number of anilines is 1. The summed E-state index contributed by atoms with van der Waals surface area (Å²) in [6, 6.07) is 4.48. The Morgan fingerprint density at radius 1 is 1.15 bits per heavy atom. The first-order chi connectivity index (χ1) is 12.8. The highest BCUT2D eigenvalue weighted by atomic mass is 32.1. The lowest BCUT2D eigenvalue weighted by Gasteiger charge is -2.33. The summed E-state index contributed by atoms with van der Waals surface area (Å²) in [5, 5.41) is 4.86. The van der Waals surface area contributed by atoms with Crippen LogP contribution in [0.25, 0.3) is 21.6 Å². The highest BCUT2D eigenvalue weighted by molar-refractivity contribution is 7.19. The predicted molar refractivity (Wildman–Crippen MR) is 107 cm³/mol. The summed E-state index contributed by atoms with van der Waals surface area (Å²) in [5.74, 6) is 1.95. The fourth-order valence-electron chi connectivity index (χ4n) is 4.12. The first-order valence-electron chi connectivity index (χ1n) is 9.50. The van der Waals surface area contributed by atoms with Crippen molar-refractivity contribution in [2.75, 3.05) is 24.5 Å². The van der Waals surface area contributed by atoms with Crippen LogP contribution in [0.1, 0.15) is 30.2 Å². The Bertz CT molecular complexity index is 936. The first kappa shape index (κ1) is 16.1.